The second kappa shape index (κ2) is 5.88. The summed E-state index contributed by atoms with van der Waals surface area (Å²) in [5, 5.41) is 2.86. The van der Waals surface area contributed by atoms with Crippen LogP contribution in [0.25, 0.3) is 0 Å². The summed E-state index contributed by atoms with van der Waals surface area (Å²) >= 11 is 0. The first-order valence-corrected chi connectivity index (χ1v) is 5.45. The highest BCUT2D eigenvalue weighted by Gasteiger charge is 2.35. The van der Waals surface area contributed by atoms with E-state index >= 15 is 0 Å². The third-order valence-corrected chi connectivity index (χ3v) is 2.67. The fraction of sp³-hybridized carbons (Fsp3) is 0.727. The van der Waals surface area contributed by atoms with Gasteiger partial charge in [-0.05, 0) is 26.2 Å². The predicted octanol–water partition coefficient (Wildman–Crippen LogP) is 0.577. The topological polar surface area (TPSA) is 64.4 Å². The molecule has 4 nitrogen and oxygen atoms in total. The number of hydrogen-bond donors (Lipinski definition) is 2. The summed E-state index contributed by atoms with van der Waals surface area (Å²) in [4.78, 5) is 11.8. The lowest BCUT2D eigenvalue weighted by Crippen LogP contribution is -2.57. The molecule has 0 aromatic carbocycles. The first-order valence-electron chi connectivity index (χ1n) is 5.45. The van der Waals surface area contributed by atoms with Crippen molar-refractivity contribution < 1.29 is 9.53 Å². The molecular formula is C11H20N2O2. The molecule has 1 aliphatic rings. The van der Waals surface area contributed by atoms with Crippen LogP contribution in [0.2, 0.25) is 0 Å². The minimum atomic E-state index is -0.714. The first-order chi connectivity index (χ1) is 7.19. The number of amides is 1. The molecule has 15 heavy (non-hydrogen) atoms. The van der Waals surface area contributed by atoms with Gasteiger partial charge in [-0.1, -0.05) is 12.2 Å². The fourth-order valence-corrected chi connectivity index (χ4v) is 1.57. The van der Waals surface area contributed by atoms with Gasteiger partial charge < -0.3 is 15.8 Å². The van der Waals surface area contributed by atoms with Crippen molar-refractivity contribution in [1.82, 2.24) is 5.32 Å². The third kappa shape index (κ3) is 3.64. The lowest BCUT2D eigenvalue weighted by molar-refractivity contribution is -0.129. The second-order valence-electron chi connectivity index (χ2n) is 3.88. The molecule has 0 aromatic heterocycles. The van der Waals surface area contributed by atoms with Crippen molar-refractivity contribution >= 4 is 5.91 Å². The summed E-state index contributed by atoms with van der Waals surface area (Å²) in [6.45, 7) is 3.78. The molecule has 0 aliphatic carbocycles. The molecule has 1 fully saturated rings. The zero-order valence-corrected chi connectivity index (χ0v) is 9.29. The SMILES string of the molecule is C/C=C/CCNC(=O)C1(N)CCOCC1. The molecule has 0 atom stereocenters. The molecule has 0 saturated carbocycles. The smallest absolute Gasteiger partial charge is 0.240 e. The molecule has 1 amide bonds. The molecule has 0 radical (unpaired) electrons. The molecule has 3 N–H and O–H groups in total. The van der Waals surface area contributed by atoms with E-state index in [2.05, 4.69) is 5.32 Å². The zero-order chi connectivity index (χ0) is 11.1. The van der Waals surface area contributed by atoms with Crippen LogP contribution in [-0.2, 0) is 9.53 Å². The Kier molecular flexibility index (Phi) is 4.78. The van der Waals surface area contributed by atoms with Crippen LogP contribution in [0.5, 0.6) is 0 Å². The third-order valence-electron chi connectivity index (χ3n) is 2.67. The molecule has 4 heteroatoms. The molecule has 0 aromatic rings. The fourth-order valence-electron chi connectivity index (χ4n) is 1.57. The van der Waals surface area contributed by atoms with Crippen LogP contribution >= 0.6 is 0 Å². The van der Waals surface area contributed by atoms with Gasteiger partial charge in [0.15, 0.2) is 0 Å². The van der Waals surface area contributed by atoms with E-state index in [0.29, 0.717) is 32.6 Å². The Balaban J connectivity index is 2.31. The molecule has 0 bridgehead atoms. The van der Waals surface area contributed by atoms with Crippen molar-refractivity contribution in [3.63, 3.8) is 0 Å². The average Bonchev–Trinajstić information content (AvgIpc) is 2.25. The lowest BCUT2D eigenvalue weighted by Gasteiger charge is -2.31. The van der Waals surface area contributed by atoms with Gasteiger partial charge in [0, 0.05) is 19.8 Å². The molecule has 86 valence electrons. The van der Waals surface area contributed by atoms with Crippen LogP contribution in [0.4, 0.5) is 0 Å². The zero-order valence-electron chi connectivity index (χ0n) is 9.29. The van der Waals surface area contributed by atoms with Crippen molar-refractivity contribution in [3.05, 3.63) is 12.2 Å². The maximum absolute atomic E-state index is 11.8. The van der Waals surface area contributed by atoms with E-state index < -0.39 is 5.54 Å². The largest absolute Gasteiger partial charge is 0.381 e. The molecule has 1 heterocycles. The first kappa shape index (κ1) is 12.2. The standard InChI is InChI=1S/C11H20N2O2/c1-2-3-4-7-13-10(14)11(12)5-8-15-9-6-11/h2-3H,4-9,12H2,1H3,(H,13,14)/b3-2+. The number of hydrogen-bond acceptors (Lipinski definition) is 3. The average molecular weight is 212 g/mol. The second-order valence-corrected chi connectivity index (χ2v) is 3.88. The molecule has 1 rings (SSSR count). The number of allylic oxidation sites excluding steroid dienone is 1. The van der Waals surface area contributed by atoms with Crippen molar-refractivity contribution in [2.45, 2.75) is 31.7 Å². The van der Waals surface area contributed by atoms with E-state index in [0.717, 1.165) is 6.42 Å². The number of carbonyl (C=O) groups excluding carboxylic acids is 1. The minimum absolute atomic E-state index is 0.0460. The van der Waals surface area contributed by atoms with Crippen molar-refractivity contribution in [2.75, 3.05) is 19.8 Å². The maximum atomic E-state index is 11.8. The number of carbonyl (C=O) groups is 1. The van der Waals surface area contributed by atoms with Gasteiger partial charge in [0.1, 0.15) is 0 Å². The monoisotopic (exact) mass is 212 g/mol. The van der Waals surface area contributed by atoms with Crippen LogP contribution in [-0.4, -0.2) is 31.2 Å². The van der Waals surface area contributed by atoms with E-state index in [9.17, 15) is 4.79 Å². The molecule has 1 saturated heterocycles. The van der Waals surface area contributed by atoms with Gasteiger partial charge in [-0.2, -0.15) is 0 Å². The van der Waals surface area contributed by atoms with Crippen molar-refractivity contribution in [1.29, 1.82) is 0 Å². The van der Waals surface area contributed by atoms with Gasteiger partial charge in [-0.3, -0.25) is 4.79 Å². The van der Waals surface area contributed by atoms with Gasteiger partial charge in [0.2, 0.25) is 5.91 Å². The highest BCUT2D eigenvalue weighted by atomic mass is 16.5. The highest BCUT2D eigenvalue weighted by Crippen LogP contribution is 2.17. The number of nitrogens with one attached hydrogen (secondary N) is 1. The summed E-state index contributed by atoms with van der Waals surface area (Å²) in [5.41, 5.74) is 5.29. The van der Waals surface area contributed by atoms with Gasteiger partial charge in [-0.15, -0.1) is 0 Å². The quantitative estimate of drug-likeness (QED) is 0.529. The number of nitrogens with two attached hydrogens (primary N) is 1. The Hall–Kier alpha value is -0.870. The van der Waals surface area contributed by atoms with E-state index in [1.54, 1.807) is 0 Å². The Morgan fingerprint density at radius 2 is 2.20 bits per heavy atom. The van der Waals surface area contributed by atoms with Crippen LogP contribution in [0, 0.1) is 0 Å². The normalized spacial score (nSPS) is 20.4. The van der Waals surface area contributed by atoms with Gasteiger partial charge in [0.25, 0.3) is 0 Å². The summed E-state index contributed by atoms with van der Waals surface area (Å²) in [6.07, 6.45) is 6.08. The van der Waals surface area contributed by atoms with Gasteiger partial charge >= 0.3 is 0 Å². The van der Waals surface area contributed by atoms with Crippen LogP contribution < -0.4 is 11.1 Å². The minimum Gasteiger partial charge on any atom is -0.381 e. The Morgan fingerprint density at radius 3 is 2.80 bits per heavy atom. The van der Waals surface area contributed by atoms with Crippen LogP contribution in [0.15, 0.2) is 12.2 Å². The van der Waals surface area contributed by atoms with E-state index in [-0.39, 0.29) is 5.91 Å². The predicted molar refractivity (Wildman–Crippen MR) is 59.4 cm³/mol. The Labute approximate surface area is 90.9 Å². The summed E-state index contributed by atoms with van der Waals surface area (Å²) in [7, 11) is 0. The maximum Gasteiger partial charge on any atom is 0.240 e. The van der Waals surface area contributed by atoms with E-state index in [4.69, 9.17) is 10.5 Å². The van der Waals surface area contributed by atoms with Gasteiger partial charge in [-0.25, -0.2) is 0 Å². The van der Waals surface area contributed by atoms with Crippen molar-refractivity contribution in [2.24, 2.45) is 5.73 Å². The lowest BCUT2D eigenvalue weighted by atomic mass is 9.90. The Morgan fingerprint density at radius 1 is 1.53 bits per heavy atom. The van der Waals surface area contributed by atoms with E-state index in [1.807, 2.05) is 19.1 Å². The van der Waals surface area contributed by atoms with Crippen LogP contribution in [0.1, 0.15) is 26.2 Å². The number of rotatable bonds is 4. The number of ether oxygens (including phenoxy) is 1. The highest BCUT2D eigenvalue weighted by molar-refractivity contribution is 5.86. The van der Waals surface area contributed by atoms with Gasteiger partial charge in [0.05, 0.1) is 5.54 Å². The molecule has 1 aliphatic heterocycles. The molecular weight excluding hydrogens is 192 g/mol. The summed E-state index contributed by atoms with van der Waals surface area (Å²) < 4.78 is 5.19. The molecule has 0 spiro atoms. The van der Waals surface area contributed by atoms with E-state index in [1.165, 1.54) is 0 Å². The van der Waals surface area contributed by atoms with Crippen LogP contribution in [0.3, 0.4) is 0 Å². The van der Waals surface area contributed by atoms with Crippen molar-refractivity contribution in [3.8, 4) is 0 Å². The Bertz CT molecular complexity index is 233. The summed E-state index contributed by atoms with van der Waals surface area (Å²) in [5.74, 6) is -0.0460. The summed E-state index contributed by atoms with van der Waals surface area (Å²) in [6, 6.07) is 0. The molecule has 0 unspecified atom stereocenters.